The number of unbranched alkanes of at least 4 members (excludes halogenated alkanes) is 1. The fourth-order valence-electron chi connectivity index (χ4n) is 1.23. The van der Waals surface area contributed by atoms with Gasteiger partial charge in [-0.1, -0.05) is 50.7 Å². The van der Waals surface area contributed by atoms with Gasteiger partial charge in [-0.3, -0.25) is 0 Å². The summed E-state index contributed by atoms with van der Waals surface area (Å²) in [5.74, 6) is 0.963. The Kier molecular flexibility index (Phi) is 9.21. The van der Waals surface area contributed by atoms with Gasteiger partial charge in [0.15, 0.2) is 0 Å². The smallest absolute Gasteiger partial charge is 0.197 e. The molecule has 0 heterocycles. The van der Waals surface area contributed by atoms with Crippen molar-refractivity contribution in [3.8, 4) is 0 Å². The van der Waals surface area contributed by atoms with Crippen LogP contribution in [0.15, 0.2) is 0 Å². The van der Waals surface area contributed by atoms with E-state index in [1.54, 1.807) is 0 Å². The highest BCUT2D eigenvalue weighted by Crippen LogP contribution is 2.23. The third-order valence-electron chi connectivity index (χ3n) is 2.05. The molecule has 0 spiro atoms. The third kappa shape index (κ3) is 7.84. The molecule has 0 saturated heterocycles. The summed E-state index contributed by atoms with van der Waals surface area (Å²) in [6.07, 6.45) is 5.52. The molecular weight excluding hydrogens is 283 g/mol. The van der Waals surface area contributed by atoms with Crippen molar-refractivity contribution in [2.75, 3.05) is 0 Å². The quantitative estimate of drug-likeness (QED) is 0.634. The lowest BCUT2D eigenvalue weighted by Crippen LogP contribution is -2.04. The maximum atomic E-state index is 3.66. The van der Waals surface area contributed by atoms with E-state index in [4.69, 9.17) is 0 Å². The van der Waals surface area contributed by atoms with Crippen LogP contribution in [0.1, 0.15) is 39.5 Å². The Labute approximate surface area is 88.8 Å². The summed E-state index contributed by atoms with van der Waals surface area (Å²) in [5.41, 5.74) is 0. The van der Waals surface area contributed by atoms with Gasteiger partial charge in [0.25, 0.3) is 0 Å². The van der Waals surface area contributed by atoms with Gasteiger partial charge in [-0.25, -0.2) is 0 Å². The van der Waals surface area contributed by atoms with Crippen LogP contribution in [0.2, 0.25) is 5.28 Å². The lowest BCUT2D eigenvalue weighted by Gasteiger charge is -2.12. The predicted octanol–water partition coefficient (Wildman–Crippen LogP) is 4.48. The largest absolute Gasteiger partial charge is 0.456 e. The van der Waals surface area contributed by atoms with E-state index >= 15 is 0 Å². The van der Waals surface area contributed by atoms with Gasteiger partial charge in [0, 0.05) is 0 Å². The first-order valence-electron chi connectivity index (χ1n) is 4.48. The normalized spacial score (nSPS) is 13.1. The van der Waals surface area contributed by atoms with E-state index in [0.29, 0.717) is 0 Å². The van der Waals surface area contributed by atoms with Crippen LogP contribution in [0.4, 0.5) is 0 Å². The van der Waals surface area contributed by atoms with Crippen molar-refractivity contribution in [2.24, 2.45) is 5.92 Å². The van der Waals surface area contributed by atoms with Crippen molar-refractivity contribution in [3.05, 3.63) is 0 Å². The van der Waals surface area contributed by atoms with Crippen LogP contribution in [0, 0.1) is 5.92 Å². The van der Waals surface area contributed by atoms with E-state index in [1.807, 2.05) is 0 Å². The molecule has 0 amide bonds. The second-order valence-electron chi connectivity index (χ2n) is 3.04. The first-order chi connectivity index (χ1) is 5.20. The Hall–Kier alpha value is 1.49. The predicted molar refractivity (Wildman–Crippen MR) is 61.7 cm³/mol. The second kappa shape index (κ2) is 8.11. The van der Waals surface area contributed by atoms with Gasteiger partial charge in [0.2, 0.25) is 0 Å². The molecule has 0 aromatic heterocycles. The van der Waals surface area contributed by atoms with Gasteiger partial charge in [0.1, 0.15) is 0 Å². The summed E-state index contributed by atoms with van der Waals surface area (Å²) in [5, 5.41) is 1.40. The van der Waals surface area contributed by atoms with Crippen LogP contribution >= 0.6 is 28.1 Å². The summed E-state index contributed by atoms with van der Waals surface area (Å²) in [6, 6.07) is 0. The molecule has 0 N–H and O–H groups in total. The van der Waals surface area contributed by atoms with E-state index in [0.717, 1.165) is 5.92 Å². The SMILES string of the molecule is CCCCC(CC)[CH2][Al]([Br])[Br]. The van der Waals surface area contributed by atoms with Crippen molar-refractivity contribution >= 4 is 38.6 Å². The molecule has 11 heavy (non-hydrogen) atoms. The summed E-state index contributed by atoms with van der Waals surface area (Å²) in [6.45, 7) is 4.57. The minimum Gasteiger partial charge on any atom is -0.197 e. The van der Waals surface area contributed by atoms with Crippen molar-refractivity contribution in [2.45, 2.75) is 44.8 Å². The molecular formula is C8H17AlBr2. The van der Waals surface area contributed by atoms with Crippen LogP contribution < -0.4 is 0 Å². The Morgan fingerprint density at radius 2 is 1.91 bits per heavy atom. The van der Waals surface area contributed by atoms with Gasteiger partial charge in [0.05, 0.1) is 0 Å². The molecule has 1 atom stereocenters. The Morgan fingerprint density at radius 3 is 2.27 bits per heavy atom. The Balaban J connectivity index is 3.41. The van der Waals surface area contributed by atoms with E-state index < -0.39 is 10.5 Å². The van der Waals surface area contributed by atoms with Gasteiger partial charge in [-0.15, -0.1) is 0 Å². The Bertz CT molecular complexity index is 86.2. The number of halogens is 2. The lowest BCUT2D eigenvalue weighted by atomic mass is 10.0. The van der Waals surface area contributed by atoms with Gasteiger partial charge in [-0.2, -0.15) is 28.1 Å². The van der Waals surface area contributed by atoms with Gasteiger partial charge >= 0.3 is 10.5 Å². The summed E-state index contributed by atoms with van der Waals surface area (Å²) >= 11 is 7.33. The molecule has 0 aromatic rings. The van der Waals surface area contributed by atoms with Crippen LogP contribution in [0.3, 0.4) is 0 Å². The average Bonchev–Trinajstić information content (AvgIpc) is 1.97. The molecule has 0 fully saturated rings. The molecule has 0 radical (unpaired) electrons. The molecule has 0 aliphatic heterocycles. The summed E-state index contributed by atoms with van der Waals surface area (Å²) < 4.78 is 0. The third-order valence-corrected chi connectivity index (χ3v) is 5.32. The van der Waals surface area contributed by atoms with Crippen LogP contribution in [0.25, 0.3) is 0 Å². The average molecular weight is 300 g/mol. The topological polar surface area (TPSA) is 0 Å². The summed E-state index contributed by atoms with van der Waals surface area (Å²) in [4.78, 5) is 0. The van der Waals surface area contributed by atoms with Crippen molar-refractivity contribution in [3.63, 3.8) is 0 Å². The number of rotatable bonds is 6. The van der Waals surface area contributed by atoms with Crippen LogP contribution in [-0.2, 0) is 0 Å². The molecule has 0 aliphatic carbocycles. The molecule has 0 nitrogen and oxygen atoms in total. The van der Waals surface area contributed by atoms with Crippen LogP contribution in [0.5, 0.6) is 0 Å². The number of hydrogen-bond acceptors (Lipinski definition) is 0. The van der Waals surface area contributed by atoms with E-state index in [9.17, 15) is 0 Å². The zero-order valence-electron chi connectivity index (χ0n) is 7.45. The minimum absolute atomic E-state index is 0.664. The second-order valence-corrected chi connectivity index (χ2v) is 14.6. The highest BCUT2D eigenvalue weighted by molar-refractivity contribution is 9.49. The zero-order chi connectivity index (χ0) is 8.69. The maximum Gasteiger partial charge on any atom is 0.456 e. The summed E-state index contributed by atoms with van der Waals surface area (Å²) in [7, 11) is -0.664. The highest BCUT2D eigenvalue weighted by Gasteiger charge is 2.15. The van der Waals surface area contributed by atoms with Crippen molar-refractivity contribution in [1.29, 1.82) is 0 Å². The number of hydrogen-bond donors (Lipinski definition) is 0. The molecule has 66 valence electrons. The van der Waals surface area contributed by atoms with E-state index in [-0.39, 0.29) is 0 Å². The Morgan fingerprint density at radius 1 is 1.27 bits per heavy atom. The standard InChI is InChI=1S/C8H17.Al.2BrH/c1-4-6-7-8(3)5-2;;;/h8H,3-7H2,1-2H3;;2*1H/q;+2;;/p-2. The fourth-order valence-corrected chi connectivity index (χ4v) is 5.48. The molecule has 1 unspecified atom stereocenters. The maximum absolute atomic E-state index is 3.66. The van der Waals surface area contributed by atoms with E-state index in [1.165, 1.54) is 31.0 Å². The molecule has 0 rings (SSSR count). The molecule has 0 bridgehead atoms. The molecule has 0 aliphatic rings. The van der Waals surface area contributed by atoms with E-state index in [2.05, 4.69) is 42.0 Å². The fraction of sp³-hybridized carbons (Fsp3) is 1.00. The monoisotopic (exact) mass is 298 g/mol. The molecule has 0 aromatic carbocycles. The van der Waals surface area contributed by atoms with Gasteiger partial charge < -0.3 is 0 Å². The molecule has 3 heteroatoms. The lowest BCUT2D eigenvalue weighted by molar-refractivity contribution is 0.491. The minimum atomic E-state index is -0.664. The zero-order valence-corrected chi connectivity index (χ0v) is 11.8. The molecule has 0 saturated carbocycles. The first-order valence-corrected chi connectivity index (χ1v) is 11.7. The van der Waals surface area contributed by atoms with Crippen molar-refractivity contribution < 1.29 is 0 Å². The highest BCUT2D eigenvalue weighted by atomic mass is 79.9. The van der Waals surface area contributed by atoms with Crippen LogP contribution in [-0.4, -0.2) is 10.5 Å². The van der Waals surface area contributed by atoms with Gasteiger partial charge in [-0.05, 0) is 0 Å². The van der Waals surface area contributed by atoms with Crippen molar-refractivity contribution in [1.82, 2.24) is 0 Å². The first kappa shape index (κ1) is 12.5.